The summed E-state index contributed by atoms with van der Waals surface area (Å²) in [5.41, 5.74) is 0.244. The molecule has 118 valence electrons. The summed E-state index contributed by atoms with van der Waals surface area (Å²) in [5, 5.41) is 19.6. The van der Waals surface area contributed by atoms with Gasteiger partial charge in [0.05, 0.1) is 29.8 Å². The summed E-state index contributed by atoms with van der Waals surface area (Å²) in [5.74, 6) is -0.818. The van der Waals surface area contributed by atoms with Crippen LogP contribution in [0.25, 0.3) is 0 Å². The zero-order chi connectivity index (χ0) is 16.3. The first kappa shape index (κ1) is 15.7. The monoisotopic (exact) mass is 309 g/mol. The van der Waals surface area contributed by atoms with Crippen molar-refractivity contribution < 1.29 is 24.4 Å². The van der Waals surface area contributed by atoms with Crippen molar-refractivity contribution in [2.24, 2.45) is 0 Å². The van der Waals surface area contributed by atoms with Crippen LogP contribution in [-0.4, -0.2) is 60.1 Å². The van der Waals surface area contributed by atoms with E-state index in [1.165, 1.54) is 29.0 Å². The number of amides is 1. The summed E-state index contributed by atoms with van der Waals surface area (Å²) in [4.78, 5) is 36.6. The highest BCUT2D eigenvalue weighted by Gasteiger charge is 2.28. The molecule has 0 unspecified atom stereocenters. The van der Waals surface area contributed by atoms with Gasteiger partial charge in [-0.25, -0.2) is 4.79 Å². The molecule has 0 bridgehead atoms. The number of ether oxygens (including phenoxy) is 1. The van der Waals surface area contributed by atoms with E-state index in [9.17, 15) is 19.7 Å². The minimum absolute atomic E-state index is 0.0584. The van der Waals surface area contributed by atoms with E-state index >= 15 is 0 Å². The summed E-state index contributed by atoms with van der Waals surface area (Å²) in [6, 6.07) is 3.88. The van der Waals surface area contributed by atoms with Crippen molar-refractivity contribution in [3.8, 4) is 5.75 Å². The van der Waals surface area contributed by atoms with Crippen LogP contribution < -0.4 is 9.64 Å². The molecule has 1 aromatic carbocycles. The number of carbonyl (C=O) groups is 2. The van der Waals surface area contributed by atoms with Crippen molar-refractivity contribution >= 4 is 23.3 Å². The number of hydrogen-bond donors (Lipinski definition) is 1. The number of esters is 1. The molecule has 0 atom stereocenters. The summed E-state index contributed by atoms with van der Waals surface area (Å²) in [6.07, 6.45) is 0. The van der Waals surface area contributed by atoms with Crippen LogP contribution in [0.1, 0.15) is 0 Å². The Bertz CT molecular complexity index is 618. The minimum Gasteiger partial charge on any atom is -0.423 e. The second-order valence-electron chi connectivity index (χ2n) is 4.78. The van der Waals surface area contributed by atoms with Gasteiger partial charge in [-0.05, 0) is 6.07 Å². The van der Waals surface area contributed by atoms with Crippen LogP contribution in [0, 0.1) is 10.1 Å². The van der Waals surface area contributed by atoms with Gasteiger partial charge >= 0.3 is 5.97 Å². The van der Waals surface area contributed by atoms with E-state index in [2.05, 4.69) is 0 Å². The molecule has 0 spiro atoms. The molecule has 0 saturated carbocycles. The third kappa shape index (κ3) is 3.31. The fraction of sp³-hybridized carbons (Fsp3) is 0.385. The average molecular weight is 309 g/mol. The number of anilines is 1. The normalized spacial score (nSPS) is 13.4. The van der Waals surface area contributed by atoms with Crippen molar-refractivity contribution in [2.75, 3.05) is 38.2 Å². The number of aliphatic hydroxyl groups excluding tert-OH is 1. The van der Waals surface area contributed by atoms with Crippen molar-refractivity contribution in [1.29, 1.82) is 0 Å². The van der Waals surface area contributed by atoms with Crippen LogP contribution in [0.15, 0.2) is 18.2 Å². The zero-order valence-corrected chi connectivity index (χ0v) is 11.9. The third-order valence-electron chi connectivity index (χ3n) is 3.23. The number of hydrogen-bond acceptors (Lipinski definition) is 7. The molecular weight excluding hydrogens is 294 g/mol. The molecule has 22 heavy (non-hydrogen) atoms. The van der Waals surface area contributed by atoms with Gasteiger partial charge in [0.1, 0.15) is 6.54 Å². The van der Waals surface area contributed by atoms with E-state index in [0.29, 0.717) is 5.69 Å². The van der Waals surface area contributed by atoms with Crippen LogP contribution in [0.5, 0.6) is 5.75 Å². The number of nitrogens with zero attached hydrogens (tertiary/aromatic N) is 3. The number of benzene rings is 1. The van der Waals surface area contributed by atoms with Gasteiger partial charge in [0.25, 0.3) is 5.69 Å². The topological polar surface area (TPSA) is 113 Å². The first-order chi connectivity index (χ1) is 10.4. The fourth-order valence-corrected chi connectivity index (χ4v) is 2.06. The number of nitro groups is 1. The Balaban J connectivity index is 2.23. The maximum absolute atomic E-state index is 12.0. The van der Waals surface area contributed by atoms with E-state index in [-0.39, 0.29) is 43.6 Å². The van der Waals surface area contributed by atoms with E-state index in [4.69, 9.17) is 9.84 Å². The van der Waals surface area contributed by atoms with Gasteiger partial charge in [0.15, 0.2) is 5.75 Å². The molecule has 0 aromatic heterocycles. The highest BCUT2D eigenvalue weighted by Crippen LogP contribution is 2.34. The van der Waals surface area contributed by atoms with Crippen LogP contribution in [-0.2, 0) is 9.59 Å². The highest BCUT2D eigenvalue weighted by molar-refractivity contribution is 5.89. The van der Waals surface area contributed by atoms with Gasteiger partial charge < -0.3 is 19.6 Å². The molecule has 1 aliphatic rings. The molecular formula is C13H15N3O6. The van der Waals surface area contributed by atoms with Crippen LogP contribution >= 0.6 is 0 Å². The molecule has 2 rings (SSSR count). The maximum Gasteiger partial charge on any atom is 0.331 e. The predicted octanol–water partition coefficient (Wildman–Crippen LogP) is -0.229. The molecule has 0 aliphatic carbocycles. The Morgan fingerprint density at radius 3 is 2.91 bits per heavy atom. The van der Waals surface area contributed by atoms with Gasteiger partial charge in [0, 0.05) is 19.7 Å². The Morgan fingerprint density at radius 1 is 1.55 bits per heavy atom. The van der Waals surface area contributed by atoms with E-state index in [1.807, 2.05) is 0 Å². The number of non-ortho nitro benzene ring substituents is 1. The molecule has 1 N–H and O–H groups in total. The number of rotatable bonds is 5. The van der Waals surface area contributed by atoms with Gasteiger partial charge in [-0.3, -0.25) is 14.9 Å². The number of fused-ring (bicyclic) bond motifs is 1. The fourth-order valence-electron chi connectivity index (χ4n) is 2.06. The summed E-state index contributed by atoms with van der Waals surface area (Å²) >= 11 is 0. The Morgan fingerprint density at radius 2 is 2.27 bits per heavy atom. The number of aliphatic hydroxyl groups is 1. The number of nitro benzene ring substituents is 1. The Kier molecular flexibility index (Phi) is 4.56. The summed E-state index contributed by atoms with van der Waals surface area (Å²) in [7, 11) is 1.54. The number of likely N-dealkylation sites (N-methyl/N-ethyl adjacent to an activating group) is 1. The summed E-state index contributed by atoms with van der Waals surface area (Å²) < 4.78 is 4.99. The first-order valence-electron chi connectivity index (χ1n) is 6.51. The van der Waals surface area contributed by atoms with Crippen LogP contribution in [0.2, 0.25) is 0 Å². The van der Waals surface area contributed by atoms with E-state index in [0.717, 1.165) is 6.07 Å². The maximum atomic E-state index is 12.0. The quantitative estimate of drug-likeness (QED) is 0.346. The Hall–Kier alpha value is -2.68. The standard InChI is InChI=1S/C13H15N3O6/c1-14(4-5-17)12(18)7-15-8-13(19)22-11-6-9(16(20)21)2-3-10(11)15/h2-3,6,17H,4-5,7-8H2,1H3. The Labute approximate surface area is 125 Å². The second-order valence-corrected chi connectivity index (χ2v) is 4.78. The molecule has 0 fully saturated rings. The smallest absolute Gasteiger partial charge is 0.331 e. The zero-order valence-electron chi connectivity index (χ0n) is 11.9. The molecule has 1 aliphatic heterocycles. The predicted molar refractivity (Wildman–Crippen MR) is 75.7 cm³/mol. The highest BCUT2D eigenvalue weighted by atomic mass is 16.6. The van der Waals surface area contributed by atoms with Gasteiger partial charge in [-0.2, -0.15) is 0 Å². The van der Waals surface area contributed by atoms with Gasteiger partial charge in [-0.15, -0.1) is 0 Å². The second kappa shape index (κ2) is 6.39. The third-order valence-corrected chi connectivity index (χ3v) is 3.23. The average Bonchev–Trinajstić information content (AvgIpc) is 2.46. The molecule has 1 amide bonds. The van der Waals surface area contributed by atoms with Crippen molar-refractivity contribution in [2.45, 2.75) is 0 Å². The minimum atomic E-state index is -0.592. The van der Waals surface area contributed by atoms with Crippen LogP contribution in [0.4, 0.5) is 11.4 Å². The molecule has 1 heterocycles. The lowest BCUT2D eigenvalue weighted by Gasteiger charge is -2.30. The molecule has 9 heteroatoms. The van der Waals surface area contributed by atoms with Crippen molar-refractivity contribution in [3.05, 3.63) is 28.3 Å². The largest absolute Gasteiger partial charge is 0.423 e. The lowest BCUT2D eigenvalue weighted by Crippen LogP contribution is -2.44. The number of carbonyl (C=O) groups excluding carboxylic acids is 2. The van der Waals surface area contributed by atoms with E-state index < -0.39 is 10.9 Å². The molecule has 0 saturated heterocycles. The lowest BCUT2D eigenvalue weighted by atomic mass is 10.2. The van der Waals surface area contributed by atoms with Gasteiger partial charge in [0.2, 0.25) is 5.91 Å². The van der Waals surface area contributed by atoms with Gasteiger partial charge in [-0.1, -0.05) is 0 Å². The molecule has 9 nitrogen and oxygen atoms in total. The molecule has 1 aromatic rings. The van der Waals surface area contributed by atoms with Crippen molar-refractivity contribution in [1.82, 2.24) is 4.90 Å². The summed E-state index contributed by atoms with van der Waals surface area (Å²) in [6.45, 7) is -0.183. The first-order valence-corrected chi connectivity index (χ1v) is 6.51. The molecule has 0 radical (unpaired) electrons. The van der Waals surface area contributed by atoms with E-state index in [1.54, 1.807) is 0 Å². The SMILES string of the molecule is CN(CCO)C(=O)CN1CC(=O)Oc2cc([N+](=O)[O-])ccc21. The van der Waals surface area contributed by atoms with Crippen LogP contribution in [0.3, 0.4) is 0 Å². The lowest BCUT2D eigenvalue weighted by molar-refractivity contribution is -0.384. The van der Waals surface area contributed by atoms with Crippen molar-refractivity contribution in [3.63, 3.8) is 0 Å².